The van der Waals surface area contributed by atoms with Gasteiger partial charge < -0.3 is 10.1 Å². The van der Waals surface area contributed by atoms with E-state index in [-0.39, 0.29) is 42.1 Å². The average molecular weight is 461 g/mol. The van der Waals surface area contributed by atoms with Crippen molar-refractivity contribution in [1.29, 1.82) is 0 Å². The standard InChI is InChI=1S/C22H28N4O5S/c1-4-25-19-7-5-6-8-20(19)26(22(25)28)14-13-21(27)23-17-9-11-18(12-10-17)32(29,30)24-16(2)15-31-3/h5-12,16,24H,4,13-15H2,1-3H3,(H,23,27)/t16-/m0/s1. The van der Waals surface area contributed by atoms with Gasteiger partial charge in [-0.15, -0.1) is 0 Å². The molecule has 0 aliphatic heterocycles. The second-order valence-electron chi connectivity index (χ2n) is 7.47. The van der Waals surface area contributed by atoms with Gasteiger partial charge in [0.25, 0.3) is 0 Å². The van der Waals surface area contributed by atoms with E-state index in [9.17, 15) is 18.0 Å². The minimum absolute atomic E-state index is 0.0948. The monoisotopic (exact) mass is 460 g/mol. The third-order valence-corrected chi connectivity index (χ3v) is 6.63. The maximum Gasteiger partial charge on any atom is 0.329 e. The number of nitrogens with zero attached hydrogens (tertiary/aromatic N) is 2. The third-order valence-electron chi connectivity index (χ3n) is 5.03. The number of hydrogen-bond donors (Lipinski definition) is 2. The number of anilines is 1. The van der Waals surface area contributed by atoms with Gasteiger partial charge in [-0.25, -0.2) is 17.9 Å². The van der Waals surface area contributed by atoms with E-state index >= 15 is 0 Å². The van der Waals surface area contributed by atoms with Gasteiger partial charge in [0.05, 0.1) is 22.5 Å². The predicted octanol–water partition coefficient (Wildman–Crippen LogP) is 2.16. The van der Waals surface area contributed by atoms with Gasteiger partial charge in [-0.1, -0.05) is 12.1 Å². The van der Waals surface area contributed by atoms with Crippen LogP contribution >= 0.6 is 0 Å². The van der Waals surface area contributed by atoms with Crippen molar-refractivity contribution in [2.45, 2.75) is 44.3 Å². The first-order valence-corrected chi connectivity index (χ1v) is 11.8. The molecule has 0 saturated carbocycles. The number of fused-ring (bicyclic) bond motifs is 1. The molecule has 172 valence electrons. The van der Waals surface area contributed by atoms with Crippen LogP contribution in [0.15, 0.2) is 58.2 Å². The van der Waals surface area contributed by atoms with Crippen molar-refractivity contribution >= 4 is 32.7 Å². The fourth-order valence-electron chi connectivity index (χ4n) is 3.57. The number of sulfonamides is 1. The molecule has 0 unspecified atom stereocenters. The summed E-state index contributed by atoms with van der Waals surface area (Å²) in [7, 11) is -2.18. The number of benzene rings is 2. The molecule has 10 heteroatoms. The average Bonchev–Trinajstić information content (AvgIpc) is 3.03. The molecule has 2 N–H and O–H groups in total. The van der Waals surface area contributed by atoms with Crippen LogP contribution < -0.4 is 15.7 Å². The number of nitrogens with one attached hydrogen (secondary N) is 2. The Hall–Kier alpha value is -2.95. The Kier molecular flexibility index (Phi) is 7.49. The molecule has 0 radical (unpaired) electrons. The summed E-state index contributed by atoms with van der Waals surface area (Å²) in [6.07, 6.45) is 0.105. The number of methoxy groups -OCH3 is 1. The molecular formula is C22H28N4O5S. The van der Waals surface area contributed by atoms with E-state index in [0.717, 1.165) is 11.0 Å². The van der Waals surface area contributed by atoms with Crippen LogP contribution in [-0.2, 0) is 32.6 Å². The van der Waals surface area contributed by atoms with E-state index in [1.807, 2.05) is 31.2 Å². The predicted molar refractivity (Wildman–Crippen MR) is 123 cm³/mol. The largest absolute Gasteiger partial charge is 0.383 e. The zero-order valence-electron chi connectivity index (χ0n) is 18.4. The quantitative estimate of drug-likeness (QED) is 0.482. The highest BCUT2D eigenvalue weighted by molar-refractivity contribution is 7.89. The van der Waals surface area contributed by atoms with Crippen LogP contribution in [-0.4, -0.2) is 43.2 Å². The Labute approximate surface area is 187 Å². The SMILES string of the molecule is CCn1c(=O)n(CCC(=O)Nc2ccc(S(=O)(=O)N[C@@H](C)COC)cc2)c2ccccc21. The van der Waals surface area contributed by atoms with Gasteiger partial charge in [0, 0.05) is 38.3 Å². The van der Waals surface area contributed by atoms with Crippen molar-refractivity contribution in [2.75, 3.05) is 19.0 Å². The lowest BCUT2D eigenvalue weighted by Crippen LogP contribution is -2.35. The Bertz CT molecular complexity index is 1250. The summed E-state index contributed by atoms with van der Waals surface area (Å²) in [5.41, 5.74) is 1.95. The van der Waals surface area contributed by atoms with Gasteiger partial charge in [-0.3, -0.25) is 13.9 Å². The molecule has 1 heterocycles. The summed E-state index contributed by atoms with van der Waals surface area (Å²) in [5, 5.41) is 2.74. The minimum Gasteiger partial charge on any atom is -0.383 e. The number of para-hydroxylation sites is 2. The number of carbonyl (C=O) groups excluding carboxylic acids is 1. The second kappa shape index (κ2) is 10.1. The fourth-order valence-corrected chi connectivity index (χ4v) is 4.79. The molecule has 2 aromatic carbocycles. The molecule has 32 heavy (non-hydrogen) atoms. The van der Waals surface area contributed by atoms with Crippen LogP contribution in [0.5, 0.6) is 0 Å². The number of amides is 1. The Morgan fingerprint density at radius 3 is 2.28 bits per heavy atom. The van der Waals surface area contributed by atoms with Gasteiger partial charge in [0.1, 0.15) is 0 Å². The highest BCUT2D eigenvalue weighted by Gasteiger charge is 2.17. The van der Waals surface area contributed by atoms with Crippen molar-refractivity contribution < 1.29 is 17.9 Å². The van der Waals surface area contributed by atoms with Crippen molar-refractivity contribution in [3.8, 4) is 0 Å². The molecule has 1 aromatic heterocycles. The maximum atomic E-state index is 12.7. The number of carbonyl (C=O) groups is 1. The summed E-state index contributed by atoms with van der Waals surface area (Å²) in [5.74, 6) is -0.271. The Balaban J connectivity index is 1.65. The van der Waals surface area contributed by atoms with E-state index in [1.54, 1.807) is 16.1 Å². The minimum atomic E-state index is -3.68. The third kappa shape index (κ3) is 5.26. The lowest BCUT2D eigenvalue weighted by molar-refractivity contribution is -0.116. The molecule has 3 rings (SSSR count). The number of aryl methyl sites for hydroxylation is 2. The van der Waals surface area contributed by atoms with E-state index in [1.165, 1.54) is 31.4 Å². The van der Waals surface area contributed by atoms with E-state index in [4.69, 9.17) is 4.74 Å². The lowest BCUT2D eigenvalue weighted by Gasteiger charge is -2.13. The number of ether oxygens (including phenoxy) is 1. The van der Waals surface area contributed by atoms with Gasteiger partial charge >= 0.3 is 5.69 Å². The van der Waals surface area contributed by atoms with Crippen molar-refractivity contribution in [1.82, 2.24) is 13.9 Å². The van der Waals surface area contributed by atoms with Gasteiger partial charge in [0.15, 0.2) is 0 Å². The molecule has 0 aliphatic rings. The van der Waals surface area contributed by atoms with Crippen LogP contribution in [0, 0.1) is 0 Å². The second-order valence-corrected chi connectivity index (χ2v) is 9.18. The van der Waals surface area contributed by atoms with Crippen LogP contribution in [0.25, 0.3) is 11.0 Å². The highest BCUT2D eigenvalue weighted by atomic mass is 32.2. The molecule has 0 fully saturated rings. The van der Waals surface area contributed by atoms with E-state index < -0.39 is 10.0 Å². The molecule has 1 atom stereocenters. The zero-order valence-corrected chi connectivity index (χ0v) is 19.2. The fraction of sp³-hybridized carbons (Fsp3) is 0.364. The summed E-state index contributed by atoms with van der Waals surface area (Å²) in [6, 6.07) is 13.0. The summed E-state index contributed by atoms with van der Waals surface area (Å²) >= 11 is 0. The topological polar surface area (TPSA) is 111 Å². The highest BCUT2D eigenvalue weighted by Crippen LogP contribution is 2.16. The molecule has 3 aromatic rings. The van der Waals surface area contributed by atoms with Gasteiger partial charge in [0.2, 0.25) is 15.9 Å². The smallest absolute Gasteiger partial charge is 0.329 e. The first-order valence-electron chi connectivity index (χ1n) is 10.4. The normalized spacial score (nSPS) is 12.7. The van der Waals surface area contributed by atoms with Crippen LogP contribution in [0.1, 0.15) is 20.3 Å². The van der Waals surface area contributed by atoms with Crippen LogP contribution in [0.4, 0.5) is 5.69 Å². The van der Waals surface area contributed by atoms with Crippen molar-refractivity contribution in [3.05, 3.63) is 59.0 Å². The molecule has 9 nitrogen and oxygen atoms in total. The Morgan fingerprint density at radius 2 is 1.69 bits per heavy atom. The number of hydrogen-bond acceptors (Lipinski definition) is 5. The Morgan fingerprint density at radius 1 is 1.06 bits per heavy atom. The van der Waals surface area contributed by atoms with Crippen LogP contribution in [0.3, 0.4) is 0 Å². The van der Waals surface area contributed by atoms with Crippen molar-refractivity contribution in [3.63, 3.8) is 0 Å². The lowest BCUT2D eigenvalue weighted by atomic mass is 10.3. The van der Waals surface area contributed by atoms with Crippen molar-refractivity contribution in [2.24, 2.45) is 0 Å². The first kappa shape index (κ1) is 23.7. The van der Waals surface area contributed by atoms with E-state index in [2.05, 4.69) is 10.0 Å². The number of imidazole rings is 1. The molecule has 0 spiro atoms. The van der Waals surface area contributed by atoms with Crippen LogP contribution in [0.2, 0.25) is 0 Å². The van der Waals surface area contributed by atoms with E-state index in [0.29, 0.717) is 12.2 Å². The maximum absolute atomic E-state index is 12.7. The summed E-state index contributed by atoms with van der Waals surface area (Å²) < 4.78 is 35.5. The molecule has 0 saturated heterocycles. The first-order chi connectivity index (χ1) is 15.3. The van der Waals surface area contributed by atoms with Gasteiger partial charge in [-0.05, 0) is 50.2 Å². The number of aromatic nitrogens is 2. The molecule has 0 aliphatic carbocycles. The zero-order chi connectivity index (χ0) is 23.3. The summed E-state index contributed by atoms with van der Waals surface area (Å²) in [6.45, 7) is 4.66. The molecule has 0 bridgehead atoms. The molecular weight excluding hydrogens is 432 g/mol. The summed E-state index contributed by atoms with van der Waals surface area (Å²) in [4.78, 5) is 25.2. The molecule has 1 amide bonds. The van der Waals surface area contributed by atoms with Gasteiger partial charge in [-0.2, -0.15) is 0 Å². The number of rotatable bonds is 10.